The molecule has 1 fully saturated rings. The van der Waals surface area contributed by atoms with Crippen LogP contribution in [-0.2, 0) is 17.5 Å². The van der Waals surface area contributed by atoms with Gasteiger partial charge in [-0.1, -0.05) is 18.2 Å². The van der Waals surface area contributed by atoms with Crippen LogP contribution in [0.25, 0.3) is 0 Å². The Kier molecular flexibility index (Phi) is 14.4. The van der Waals surface area contributed by atoms with Gasteiger partial charge in [0.25, 0.3) is 0 Å². The van der Waals surface area contributed by atoms with Crippen molar-refractivity contribution in [1.82, 2.24) is 4.90 Å². The molecule has 3 aromatic carbocycles. The molecule has 1 atom stereocenters. The molecule has 1 unspecified atom stereocenters. The number of hydrogen-bond acceptors (Lipinski definition) is 8. The van der Waals surface area contributed by atoms with E-state index in [4.69, 9.17) is 9.47 Å². The summed E-state index contributed by atoms with van der Waals surface area (Å²) in [6.07, 6.45) is -5.56. The number of alkyl halides is 3. The fourth-order valence-electron chi connectivity index (χ4n) is 5.57. The van der Waals surface area contributed by atoms with Crippen LogP contribution in [0.1, 0.15) is 11.1 Å². The Morgan fingerprint density at radius 1 is 0.933 bits per heavy atom. The topological polar surface area (TPSA) is 166 Å². The monoisotopic (exact) mass is 650 g/mol. The van der Waals surface area contributed by atoms with E-state index in [1.54, 1.807) is 18.1 Å². The summed E-state index contributed by atoms with van der Waals surface area (Å²) in [6.45, 7) is 1.22. The second-order valence-corrected chi connectivity index (χ2v) is 9.83. The van der Waals surface area contributed by atoms with E-state index in [0.29, 0.717) is 37.5 Å². The molecule has 3 aromatic rings. The van der Waals surface area contributed by atoms with Gasteiger partial charge in [-0.2, -0.15) is 13.2 Å². The van der Waals surface area contributed by atoms with E-state index in [0.717, 1.165) is 17.8 Å². The molecule has 2 aliphatic rings. The number of fused-ring (bicyclic) bond motifs is 1. The zero-order valence-electron chi connectivity index (χ0n) is 25.0. The molecule has 0 spiro atoms. The SMILES string of the molecule is COc1cccc(N2CCN(C3N(c4cc(C(F)(F)F)ccc4OC)Cc4cccc(F)c4N3CC(=O)[O-])CC2)c1.O.O.O.[Na+]. The van der Waals surface area contributed by atoms with E-state index in [2.05, 4.69) is 4.90 Å². The van der Waals surface area contributed by atoms with Gasteiger partial charge in [-0.05, 0) is 42.0 Å². The molecule has 5 rings (SSSR count). The van der Waals surface area contributed by atoms with E-state index in [1.165, 1.54) is 30.2 Å². The fourth-order valence-corrected chi connectivity index (χ4v) is 5.57. The van der Waals surface area contributed by atoms with Crippen LogP contribution >= 0.6 is 0 Å². The van der Waals surface area contributed by atoms with Gasteiger partial charge in [0.15, 0.2) is 6.29 Å². The van der Waals surface area contributed by atoms with Crippen LogP contribution in [0.3, 0.4) is 0 Å². The summed E-state index contributed by atoms with van der Waals surface area (Å²) in [4.78, 5) is 19.0. The maximum atomic E-state index is 15.3. The number of benzene rings is 3. The Labute approximate surface area is 279 Å². The van der Waals surface area contributed by atoms with Gasteiger partial charge in [-0.3, -0.25) is 4.90 Å². The van der Waals surface area contributed by atoms with Crippen molar-refractivity contribution in [1.29, 1.82) is 0 Å². The molecule has 242 valence electrons. The van der Waals surface area contributed by atoms with Crippen LogP contribution in [0.4, 0.5) is 34.6 Å². The molecule has 2 aliphatic heterocycles. The Bertz CT molecular complexity index is 1430. The molecule has 1 saturated heterocycles. The van der Waals surface area contributed by atoms with Crippen molar-refractivity contribution < 1.29 is 82.9 Å². The summed E-state index contributed by atoms with van der Waals surface area (Å²) >= 11 is 0. The van der Waals surface area contributed by atoms with E-state index in [1.807, 2.05) is 29.2 Å². The molecule has 0 aromatic heterocycles. The van der Waals surface area contributed by atoms with Crippen molar-refractivity contribution >= 4 is 23.0 Å². The summed E-state index contributed by atoms with van der Waals surface area (Å²) in [7, 11) is 2.93. The van der Waals surface area contributed by atoms with Crippen LogP contribution in [0, 0.1) is 5.82 Å². The van der Waals surface area contributed by atoms with Gasteiger partial charge in [0, 0.05) is 44.5 Å². The molecule has 45 heavy (non-hydrogen) atoms. The maximum absolute atomic E-state index is 15.3. The van der Waals surface area contributed by atoms with Crippen molar-refractivity contribution in [2.45, 2.75) is 19.0 Å². The van der Waals surface area contributed by atoms with E-state index in [-0.39, 0.29) is 69.7 Å². The third kappa shape index (κ3) is 8.30. The van der Waals surface area contributed by atoms with Crippen LogP contribution < -0.4 is 58.8 Å². The molecular formula is C29H35F4N4NaO7. The fraction of sp³-hybridized carbons (Fsp3) is 0.345. The number of rotatable bonds is 7. The first kappa shape index (κ1) is 39.7. The average molecular weight is 651 g/mol. The van der Waals surface area contributed by atoms with Gasteiger partial charge in [-0.25, -0.2) is 4.39 Å². The number of methoxy groups -OCH3 is 2. The molecule has 11 nitrogen and oxygen atoms in total. The molecule has 16 heteroatoms. The molecule has 0 bridgehead atoms. The van der Waals surface area contributed by atoms with Gasteiger partial charge in [-0.15, -0.1) is 0 Å². The van der Waals surface area contributed by atoms with Crippen molar-refractivity contribution in [2.75, 3.05) is 61.6 Å². The van der Waals surface area contributed by atoms with Crippen LogP contribution in [0.5, 0.6) is 11.5 Å². The number of nitrogens with zero attached hydrogens (tertiary/aromatic N) is 4. The smallest absolute Gasteiger partial charge is 0.548 e. The number of halogens is 4. The number of anilines is 3. The molecule has 6 N–H and O–H groups in total. The zero-order chi connectivity index (χ0) is 29.3. The van der Waals surface area contributed by atoms with Gasteiger partial charge >= 0.3 is 35.7 Å². The Hall–Kier alpha value is -3.31. The van der Waals surface area contributed by atoms with Crippen LogP contribution in [-0.4, -0.2) is 80.5 Å². The minimum atomic E-state index is -4.62. The Morgan fingerprint density at radius 2 is 1.60 bits per heavy atom. The van der Waals surface area contributed by atoms with Crippen molar-refractivity contribution in [2.24, 2.45) is 0 Å². The molecular weight excluding hydrogens is 615 g/mol. The Balaban J connectivity index is 0.00000253. The molecule has 0 amide bonds. The number of ether oxygens (including phenoxy) is 2. The summed E-state index contributed by atoms with van der Waals surface area (Å²) in [5.41, 5.74) is 0.676. The minimum Gasteiger partial charge on any atom is -0.548 e. The standard InChI is InChI=1S/C29H30F4N4O4.Na.3H2O/c1-40-22-7-4-6-21(16-22)34-11-13-35(14-12-34)28-36(24-15-20(29(31,32)33)9-10-25(24)41-2)17-19-5-3-8-23(30)27(19)37(28)18-26(38)39;;;;/h3-10,15-16,28H,11-14,17-18H2,1-2H3,(H,38,39);;3*1H2/q;+1;;;/p-1. The molecule has 0 aliphatic carbocycles. The number of carboxylic acid groups (broad SMARTS) is 1. The average Bonchev–Trinajstić information content (AvgIpc) is 2.96. The van der Waals surface area contributed by atoms with Gasteiger partial charge < -0.3 is 50.5 Å². The first-order valence-electron chi connectivity index (χ1n) is 13.0. The number of carbonyl (C=O) groups is 1. The van der Waals surface area contributed by atoms with Crippen molar-refractivity contribution in [3.63, 3.8) is 0 Å². The molecule has 2 heterocycles. The van der Waals surface area contributed by atoms with E-state index in [9.17, 15) is 23.1 Å². The first-order valence-corrected chi connectivity index (χ1v) is 13.0. The largest absolute Gasteiger partial charge is 1.00 e. The third-order valence-corrected chi connectivity index (χ3v) is 7.43. The number of hydrogen-bond donors (Lipinski definition) is 0. The summed E-state index contributed by atoms with van der Waals surface area (Å²) in [6, 6.07) is 15.1. The quantitative estimate of drug-likeness (QED) is 0.211. The number of para-hydroxylation sites is 1. The minimum absolute atomic E-state index is 0. The normalized spacial score (nSPS) is 16.2. The van der Waals surface area contributed by atoms with Gasteiger partial charge in [0.2, 0.25) is 0 Å². The second kappa shape index (κ2) is 16.3. The van der Waals surface area contributed by atoms with Crippen LogP contribution in [0.2, 0.25) is 0 Å². The molecule has 0 saturated carbocycles. The summed E-state index contributed by atoms with van der Waals surface area (Å²) in [5, 5.41) is 12.0. The first-order chi connectivity index (χ1) is 19.6. The number of carbonyl (C=O) groups excluding carboxylic acids is 1. The predicted octanol–water partition coefficient (Wildman–Crippen LogP) is -1.93. The molecule has 0 radical (unpaired) electrons. The van der Waals surface area contributed by atoms with Gasteiger partial charge in [0.1, 0.15) is 17.3 Å². The van der Waals surface area contributed by atoms with E-state index < -0.39 is 36.4 Å². The third-order valence-electron chi connectivity index (χ3n) is 7.43. The van der Waals surface area contributed by atoms with Crippen molar-refractivity contribution in [3.05, 3.63) is 77.6 Å². The summed E-state index contributed by atoms with van der Waals surface area (Å²) < 4.78 is 67.4. The van der Waals surface area contributed by atoms with Gasteiger partial charge in [0.05, 0.1) is 43.7 Å². The van der Waals surface area contributed by atoms with E-state index >= 15 is 4.39 Å². The number of aliphatic carboxylic acids is 1. The summed E-state index contributed by atoms with van der Waals surface area (Å²) in [5.74, 6) is -1.20. The predicted molar refractivity (Wildman–Crippen MR) is 154 cm³/mol. The number of piperazine rings is 1. The zero-order valence-corrected chi connectivity index (χ0v) is 27.0. The second-order valence-electron chi connectivity index (χ2n) is 9.83. The van der Waals surface area contributed by atoms with Crippen LogP contribution in [0.15, 0.2) is 60.7 Å². The van der Waals surface area contributed by atoms with Crippen molar-refractivity contribution in [3.8, 4) is 11.5 Å². The number of carboxylic acids is 1. The maximum Gasteiger partial charge on any atom is 1.00 e. The Morgan fingerprint density at radius 3 is 2.20 bits per heavy atom.